The average Bonchev–Trinajstić information content (AvgIpc) is 3.17. The number of alkyl halides is 3. The number of anilines is 1. The lowest BCUT2D eigenvalue weighted by molar-refractivity contribution is -0.153. The Balaban J connectivity index is 1.59. The number of hydrogen-bond donors (Lipinski definition) is 3. The van der Waals surface area contributed by atoms with Gasteiger partial charge < -0.3 is 24.3 Å². The van der Waals surface area contributed by atoms with Crippen LogP contribution in [0.4, 0.5) is 19.2 Å². The summed E-state index contributed by atoms with van der Waals surface area (Å²) in [6, 6.07) is 4.78. The van der Waals surface area contributed by atoms with Gasteiger partial charge in [-0.25, -0.2) is 9.55 Å². The smallest absolute Gasteiger partial charge is 0.469 e. The van der Waals surface area contributed by atoms with Crippen LogP contribution in [-0.4, -0.2) is 49.9 Å². The fourth-order valence-corrected chi connectivity index (χ4v) is 4.48. The van der Waals surface area contributed by atoms with Crippen molar-refractivity contribution < 1.29 is 41.2 Å². The zero-order valence-corrected chi connectivity index (χ0v) is 20.9. The zero-order chi connectivity index (χ0) is 26.5. The number of rotatable bonds is 7. The Morgan fingerprint density at radius 1 is 1.17 bits per heavy atom. The van der Waals surface area contributed by atoms with Crippen LogP contribution in [0.3, 0.4) is 0 Å². The molecule has 0 aliphatic heterocycles. The van der Waals surface area contributed by atoms with E-state index in [0.717, 1.165) is 5.56 Å². The first kappa shape index (κ1) is 26.3. The number of aromatic nitrogens is 3. The quantitative estimate of drug-likeness (QED) is 0.362. The van der Waals surface area contributed by atoms with Gasteiger partial charge in [0.15, 0.2) is 6.61 Å². The van der Waals surface area contributed by atoms with Crippen LogP contribution in [0.1, 0.15) is 44.7 Å². The summed E-state index contributed by atoms with van der Waals surface area (Å²) in [5.41, 5.74) is 1.96. The third kappa shape index (κ3) is 6.33. The Kier molecular flexibility index (Phi) is 6.80. The zero-order valence-electron chi connectivity index (χ0n) is 20.0. The second-order valence-corrected chi connectivity index (χ2v) is 11.0. The largest absolute Gasteiger partial charge is 0.484 e. The van der Waals surface area contributed by atoms with Crippen LogP contribution in [0.5, 0.6) is 5.75 Å². The van der Waals surface area contributed by atoms with Crippen molar-refractivity contribution in [3.05, 3.63) is 29.3 Å². The van der Waals surface area contributed by atoms with Crippen LogP contribution >= 0.6 is 7.82 Å². The maximum absolute atomic E-state index is 12.7. The fourth-order valence-electron chi connectivity index (χ4n) is 3.92. The number of fused-ring (bicyclic) bond motifs is 1. The standard InChI is InChI=1S/C22H26F3N4O6P/c1-11-5-17(19-28-29-20(34-19)26-12-6-14(7-12)35-36(30,31)32)27-18-15(11)8-13(33-10-22(23,24)25)9-16(18)21(2,3)4/h5,8-9,12,14H,6-7,10H2,1-4H3,(H,26,29)(H2,30,31,32)/t12-,14+. The Morgan fingerprint density at radius 2 is 1.86 bits per heavy atom. The SMILES string of the molecule is Cc1cc(-c2nnc(N[C@H]3C[C@@H](OP(=O)(O)O)C3)o2)nc2c(C(C)(C)C)cc(OCC(F)(F)F)cc12. The highest BCUT2D eigenvalue weighted by molar-refractivity contribution is 7.46. The predicted molar refractivity (Wildman–Crippen MR) is 124 cm³/mol. The summed E-state index contributed by atoms with van der Waals surface area (Å²) in [6.07, 6.45) is -4.28. The molecule has 0 spiro atoms. The van der Waals surface area contributed by atoms with E-state index < -0.39 is 32.1 Å². The van der Waals surface area contributed by atoms with E-state index in [1.165, 1.54) is 6.07 Å². The van der Waals surface area contributed by atoms with E-state index in [0.29, 0.717) is 35.0 Å². The number of benzene rings is 1. The highest BCUT2D eigenvalue weighted by Gasteiger charge is 2.35. The minimum Gasteiger partial charge on any atom is -0.484 e. The van der Waals surface area contributed by atoms with E-state index in [9.17, 15) is 17.7 Å². The second-order valence-electron chi connectivity index (χ2n) is 9.79. The van der Waals surface area contributed by atoms with Crippen LogP contribution in [-0.2, 0) is 14.5 Å². The van der Waals surface area contributed by atoms with Crippen LogP contribution in [0.2, 0.25) is 0 Å². The number of hydrogen-bond acceptors (Lipinski definition) is 8. The summed E-state index contributed by atoms with van der Waals surface area (Å²) < 4.78 is 64.4. The monoisotopic (exact) mass is 530 g/mol. The molecule has 1 aliphatic carbocycles. The van der Waals surface area contributed by atoms with Crippen molar-refractivity contribution in [3.63, 3.8) is 0 Å². The molecular formula is C22H26F3N4O6P. The van der Waals surface area contributed by atoms with Gasteiger partial charge >= 0.3 is 20.0 Å². The number of nitrogens with zero attached hydrogens (tertiary/aromatic N) is 3. The Bertz CT molecular complexity index is 1310. The molecule has 2 aromatic heterocycles. The first-order valence-electron chi connectivity index (χ1n) is 11.1. The van der Waals surface area contributed by atoms with Gasteiger partial charge in [0.1, 0.15) is 11.4 Å². The van der Waals surface area contributed by atoms with Crippen molar-refractivity contribution >= 4 is 24.7 Å². The van der Waals surface area contributed by atoms with E-state index in [4.69, 9.17) is 23.9 Å². The summed E-state index contributed by atoms with van der Waals surface area (Å²) in [4.78, 5) is 22.4. The number of phosphoric acid groups is 1. The van der Waals surface area contributed by atoms with Gasteiger partial charge in [-0.15, -0.1) is 5.10 Å². The molecule has 0 atom stereocenters. The summed E-state index contributed by atoms with van der Waals surface area (Å²) in [5.74, 6) is 0.246. The molecule has 0 saturated heterocycles. The highest BCUT2D eigenvalue weighted by Crippen LogP contribution is 2.43. The van der Waals surface area contributed by atoms with Gasteiger partial charge in [0, 0.05) is 11.4 Å². The Labute approximate surface area is 204 Å². The third-order valence-corrected chi connectivity index (χ3v) is 6.23. The first-order valence-corrected chi connectivity index (χ1v) is 12.6. The van der Waals surface area contributed by atoms with E-state index >= 15 is 0 Å². The van der Waals surface area contributed by atoms with Crippen LogP contribution in [0, 0.1) is 6.92 Å². The second kappa shape index (κ2) is 9.29. The van der Waals surface area contributed by atoms with Crippen LogP contribution in [0.25, 0.3) is 22.5 Å². The minimum atomic E-state index is -4.53. The van der Waals surface area contributed by atoms with Gasteiger partial charge in [-0.05, 0) is 54.5 Å². The molecular weight excluding hydrogens is 504 g/mol. The summed E-state index contributed by atoms with van der Waals surface area (Å²) in [6.45, 7) is 6.19. The van der Waals surface area contributed by atoms with Crippen molar-refractivity contribution in [2.45, 2.75) is 64.3 Å². The maximum Gasteiger partial charge on any atom is 0.469 e. The fraction of sp³-hybridized carbons (Fsp3) is 0.500. The molecule has 0 bridgehead atoms. The average molecular weight is 530 g/mol. The molecule has 1 aromatic carbocycles. The number of nitrogens with one attached hydrogen (secondary N) is 1. The van der Waals surface area contributed by atoms with Crippen molar-refractivity contribution in [2.24, 2.45) is 0 Å². The van der Waals surface area contributed by atoms with Crippen molar-refractivity contribution in [1.82, 2.24) is 15.2 Å². The molecule has 196 valence electrons. The molecule has 1 saturated carbocycles. The molecule has 0 radical (unpaired) electrons. The molecule has 4 rings (SSSR count). The van der Waals surface area contributed by atoms with Crippen molar-refractivity contribution in [2.75, 3.05) is 11.9 Å². The number of halogens is 3. The molecule has 36 heavy (non-hydrogen) atoms. The number of aryl methyl sites for hydroxylation is 1. The van der Waals surface area contributed by atoms with Gasteiger partial charge in [-0.2, -0.15) is 13.2 Å². The third-order valence-electron chi connectivity index (χ3n) is 5.66. The normalized spacial score (nSPS) is 18.8. The lowest BCUT2D eigenvalue weighted by Crippen LogP contribution is -2.40. The molecule has 10 nitrogen and oxygen atoms in total. The molecule has 1 fully saturated rings. The number of pyridine rings is 1. The van der Waals surface area contributed by atoms with Crippen molar-refractivity contribution in [1.29, 1.82) is 0 Å². The molecule has 3 aromatic rings. The molecule has 2 heterocycles. The van der Waals surface area contributed by atoms with E-state index in [1.807, 2.05) is 20.8 Å². The summed E-state index contributed by atoms with van der Waals surface area (Å²) in [5, 5.41) is 11.7. The Morgan fingerprint density at radius 3 is 2.47 bits per heavy atom. The summed E-state index contributed by atoms with van der Waals surface area (Å²) >= 11 is 0. The van der Waals surface area contributed by atoms with Gasteiger partial charge in [-0.1, -0.05) is 25.9 Å². The van der Waals surface area contributed by atoms with E-state index in [1.54, 1.807) is 19.1 Å². The highest BCUT2D eigenvalue weighted by atomic mass is 31.2. The minimum absolute atomic E-state index is 0.105. The van der Waals surface area contributed by atoms with Gasteiger partial charge in [0.25, 0.3) is 5.89 Å². The maximum atomic E-state index is 12.7. The van der Waals surface area contributed by atoms with E-state index in [-0.39, 0.29) is 23.7 Å². The molecule has 3 N–H and O–H groups in total. The number of phosphoric ester groups is 1. The Hall–Kier alpha value is -2.73. The van der Waals surface area contributed by atoms with E-state index in [2.05, 4.69) is 20.0 Å². The molecule has 0 amide bonds. The lowest BCUT2D eigenvalue weighted by atomic mass is 9.84. The van der Waals surface area contributed by atoms with Gasteiger partial charge in [-0.3, -0.25) is 4.52 Å². The number of ether oxygens (including phenoxy) is 1. The van der Waals surface area contributed by atoms with Gasteiger partial charge in [0.2, 0.25) is 0 Å². The molecule has 14 heteroatoms. The van der Waals surface area contributed by atoms with Crippen LogP contribution in [0.15, 0.2) is 22.6 Å². The molecule has 0 unspecified atom stereocenters. The van der Waals surface area contributed by atoms with Gasteiger partial charge in [0.05, 0.1) is 11.6 Å². The molecule has 1 aliphatic rings. The van der Waals surface area contributed by atoms with Crippen molar-refractivity contribution in [3.8, 4) is 17.3 Å². The lowest BCUT2D eigenvalue weighted by Gasteiger charge is -2.34. The van der Waals surface area contributed by atoms with Crippen LogP contribution < -0.4 is 10.1 Å². The predicted octanol–water partition coefficient (Wildman–Crippen LogP) is 4.88. The summed E-state index contributed by atoms with van der Waals surface area (Å²) in [7, 11) is -4.53. The first-order chi connectivity index (χ1) is 16.6. The topological polar surface area (TPSA) is 140 Å².